The minimum Gasteiger partial charge on any atom is -0.384 e. The van der Waals surface area contributed by atoms with Crippen LogP contribution in [0.3, 0.4) is 0 Å². The smallest absolute Gasteiger partial charge is 0.104 e. The third kappa shape index (κ3) is 5.17. The lowest BCUT2D eigenvalue weighted by atomic mass is 10.2. The molecule has 1 fully saturated rings. The summed E-state index contributed by atoms with van der Waals surface area (Å²) in [7, 11) is 0. The normalized spacial score (nSPS) is 17.4. The predicted molar refractivity (Wildman–Crippen MR) is 95.7 cm³/mol. The molecule has 1 aliphatic rings. The van der Waals surface area contributed by atoms with Crippen LogP contribution in [-0.2, 0) is 17.8 Å². The van der Waals surface area contributed by atoms with Gasteiger partial charge in [-0.25, -0.2) is 0 Å². The number of rotatable bonds is 6. The van der Waals surface area contributed by atoms with Gasteiger partial charge in [0, 0.05) is 42.1 Å². The van der Waals surface area contributed by atoms with Crippen LogP contribution in [0.2, 0.25) is 0 Å². The highest BCUT2D eigenvalue weighted by atomic mass is 32.1. The maximum atomic E-state index is 8.79. The fourth-order valence-corrected chi connectivity index (χ4v) is 4.31. The molecule has 5 heteroatoms. The van der Waals surface area contributed by atoms with Gasteiger partial charge < -0.3 is 9.84 Å². The SMILES string of the molecule is OCC#Cc1csc(CN(Cc2ccsc2)C[C@H]2CCCO2)c1. The first-order valence-corrected chi connectivity index (χ1v) is 9.68. The van der Waals surface area contributed by atoms with E-state index in [9.17, 15) is 0 Å². The molecule has 1 saturated heterocycles. The third-order valence-electron chi connectivity index (χ3n) is 3.82. The van der Waals surface area contributed by atoms with Gasteiger partial charge in [-0.1, -0.05) is 11.8 Å². The zero-order chi connectivity index (χ0) is 15.9. The molecule has 1 atom stereocenters. The minimum absolute atomic E-state index is 0.0888. The van der Waals surface area contributed by atoms with Gasteiger partial charge >= 0.3 is 0 Å². The van der Waals surface area contributed by atoms with Crippen LogP contribution in [0.5, 0.6) is 0 Å². The molecule has 0 radical (unpaired) electrons. The Labute approximate surface area is 145 Å². The van der Waals surface area contributed by atoms with E-state index in [2.05, 4.69) is 45.0 Å². The topological polar surface area (TPSA) is 32.7 Å². The maximum Gasteiger partial charge on any atom is 0.104 e. The van der Waals surface area contributed by atoms with Crippen molar-refractivity contribution in [3.63, 3.8) is 0 Å². The van der Waals surface area contributed by atoms with Crippen LogP contribution in [0, 0.1) is 11.8 Å². The summed E-state index contributed by atoms with van der Waals surface area (Å²) >= 11 is 3.48. The second-order valence-corrected chi connectivity index (χ2v) is 7.47. The van der Waals surface area contributed by atoms with E-state index in [4.69, 9.17) is 9.84 Å². The van der Waals surface area contributed by atoms with E-state index in [-0.39, 0.29) is 6.61 Å². The number of ether oxygens (including phenoxy) is 1. The van der Waals surface area contributed by atoms with E-state index in [1.807, 2.05) is 0 Å². The molecule has 0 amide bonds. The van der Waals surface area contributed by atoms with E-state index in [0.29, 0.717) is 6.10 Å². The number of hydrogen-bond acceptors (Lipinski definition) is 5. The molecule has 3 rings (SSSR count). The molecule has 0 aliphatic carbocycles. The second-order valence-electron chi connectivity index (χ2n) is 5.70. The Kier molecular flexibility index (Phi) is 6.26. The Hall–Kier alpha value is -1.16. The number of thiophene rings is 2. The molecule has 1 N–H and O–H groups in total. The summed E-state index contributed by atoms with van der Waals surface area (Å²) in [6, 6.07) is 4.32. The van der Waals surface area contributed by atoms with E-state index < -0.39 is 0 Å². The molecule has 2 aromatic heterocycles. The molecule has 3 heterocycles. The van der Waals surface area contributed by atoms with E-state index in [0.717, 1.165) is 38.2 Å². The summed E-state index contributed by atoms with van der Waals surface area (Å²) in [6.07, 6.45) is 2.71. The fourth-order valence-electron chi connectivity index (χ4n) is 2.79. The predicted octanol–water partition coefficient (Wildman–Crippen LogP) is 3.33. The zero-order valence-corrected chi connectivity index (χ0v) is 14.7. The molecule has 1 aliphatic heterocycles. The molecule has 0 aromatic carbocycles. The van der Waals surface area contributed by atoms with Crippen LogP contribution in [-0.4, -0.2) is 35.9 Å². The molecule has 3 nitrogen and oxygen atoms in total. The lowest BCUT2D eigenvalue weighted by Gasteiger charge is -2.24. The Morgan fingerprint density at radius 3 is 3.04 bits per heavy atom. The summed E-state index contributed by atoms with van der Waals surface area (Å²) in [5.41, 5.74) is 2.36. The quantitative estimate of drug-likeness (QED) is 0.814. The summed E-state index contributed by atoms with van der Waals surface area (Å²) < 4.78 is 5.81. The minimum atomic E-state index is -0.0888. The van der Waals surface area contributed by atoms with Crippen molar-refractivity contribution in [2.24, 2.45) is 0 Å². The van der Waals surface area contributed by atoms with Gasteiger partial charge in [0.1, 0.15) is 6.61 Å². The first kappa shape index (κ1) is 16.7. The number of aliphatic hydroxyl groups excluding tert-OH is 1. The van der Waals surface area contributed by atoms with Gasteiger partial charge in [0.2, 0.25) is 0 Å². The van der Waals surface area contributed by atoms with Gasteiger partial charge in [0.15, 0.2) is 0 Å². The highest BCUT2D eigenvalue weighted by Crippen LogP contribution is 2.21. The van der Waals surface area contributed by atoms with Crippen LogP contribution in [0.15, 0.2) is 28.3 Å². The number of hydrogen-bond donors (Lipinski definition) is 1. The monoisotopic (exact) mass is 347 g/mol. The average molecular weight is 348 g/mol. The van der Waals surface area contributed by atoms with E-state index in [1.165, 1.54) is 16.9 Å². The molecule has 0 unspecified atom stereocenters. The number of aliphatic hydroxyl groups is 1. The van der Waals surface area contributed by atoms with E-state index in [1.54, 1.807) is 22.7 Å². The Morgan fingerprint density at radius 2 is 2.30 bits per heavy atom. The lowest BCUT2D eigenvalue weighted by Crippen LogP contribution is -2.31. The largest absolute Gasteiger partial charge is 0.384 e. The first-order chi connectivity index (χ1) is 11.3. The van der Waals surface area contributed by atoms with Gasteiger partial charge in [0.05, 0.1) is 6.10 Å². The first-order valence-electron chi connectivity index (χ1n) is 7.85. The van der Waals surface area contributed by atoms with Gasteiger partial charge in [-0.05, 0) is 41.3 Å². The van der Waals surface area contributed by atoms with Crippen molar-refractivity contribution >= 4 is 22.7 Å². The van der Waals surface area contributed by atoms with Crippen molar-refractivity contribution < 1.29 is 9.84 Å². The van der Waals surface area contributed by atoms with Crippen LogP contribution in [0.25, 0.3) is 0 Å². The van der Waals surface area contributed by atoms with Crippen LogP contribution < -0.4 is 0 Å². The molecule has 0 bridgehead atoms. The van der Waals surface area contributed by atoms with Crippen molar-refractivity contribution in [1.29, 1.82) is 0 Å². The summed E-state index contributed by atoms with van der Waals surface area (Å²) in [6.45, 7) is 3.66. The zero-order valence-electron chi connectivity index (χ0n) is 13.0. The summed E-state index contributed by atoms with van der Waals surface area (Å²) in [5, 5.41) is 15.2. The van der Waals surface area contributed by atoms with Crippen LogP contribution in [0.1, 0.15) is 28.8 Å². The molecule has 2 aromatic rings. The second kappa shape index (κ2) is 8.62. The van der Waals surface area contributed by atoms with Crippen molar-refractivity contribution in [2.75, 3.05) is 19.8 Å². The fraction of sp³-hybridized carbons (Fsp3) is 0.444. The molecule has 23 heavy (non-hydrogen) atoms. The Balaban J connectivity index is 1.65. The van der Waals surface area contributed by atoms with E-state index >= 15 is 0 Å². The molecular formula is C18H21NO2S2. The third-order valence-corrected chi connectivity index (χ3v) is 5.47. The molecule has 122 valence electrons. The maximum absolute atomic E-state index is 8.79. The van der Waals surface area contributed by atoms with Crippen LogP contribution in [0.4, 0.5) is 0 Å². The molecular weight excluding hydrogens is 326 g/mol. The highest BCUT2D eigenvalue weighted by Gasteiger charge is 2.20. The Morgan fingerprint density at radius 1 is 1.35 bits per heavy atom. The van der Waals surface area contributed by atoms with Crippen LogP contribution >= 0.6 is 22.7 Å². The summed E-state index contributed by atoms with van der Waals surface area (Å²) in [4.78, 5) is 3.77. The highest BCUT2D eigenvalue weighted by molar-refractivity contribution is 7.10. The van der Waals surface area contributed by atoms with Crippen molar-refractivity contribution in [1.82, 2.24) is 4.90 Å². The van der Waals surface area contributed by atoms with Crippen molar-refractivity contribution in [2.45, 2.75) is 32.0 Å². The lowest BCUT2D eigenvalue weighted by molar-refractivity contribution is 0.0683. The Bertz CT molecular complexity index is 648. The summed E-state index contributed by atoms with van der Waals surface area (Å²) in [5.74, 6) is 5.68. The molecule has 0 saturated carbocycles. The van der Waals surface area contributed by atoms with Gasteiger partial charge in [0.25, 0.3) is 0 Å². The van der Waals surface area contributed by atoms with Gasteiger partial charge in [-0.3, -0.25) is 4.90 Å². The van der Waals surface area contributed by atoms with Gasteiger partial charge in [-0.15, -0.1) is 11.3 Å². The standard InChI is InChI=1S/C18H21NO2S2/c20-6-1-3-15-9-18(23-14-15)12-19(10-16-5-8-22-13-16)11-17-4-2-7-21-17/h5,8-9,13-14,17,20H,2,4,6-7,10-12H2/t17-/m1/s1. The average Bonchev–Trinajstić information content (AvgIpc) is 3.28. The van der Waals surface area contributed by atoms with Crippen molar-refractivity contribution in [3.8, 4) is 11.8 Å². The van der Waals surface area contributed by atoms with Gasteiger partial charge in [-0.2, -0.15) is 11.3 Å². The number of nitrogens with zero attached hydrogens (tertiary/aromatic N) is 1. The van der Waals surface area contributed by atoms with Crippen molar-refractivity contribution in [3.05, 3.63) is 44.3 Å². The molecule has 0 spiro atoms.